The number of aromatic carboxylic acids is 1. The SMILES string of the molecule is CSCCS(=O)c1cccc(C(=O)O)c1. The van der Waals surface area contributed by atoms with Crippen LogP contribution in [-0.2, 0) is 10.8 Å². The zero-order valence-corrected chi connectivity index (χ0v) is 9.94. The van der Waals surface area contributed by atoms with Crippen molar-refractivity contribution >= 4 is 28.5 Å². The molecule has 0 aliphatic carbocycles. The van der Waals surface area contributed by atoms with E-state index in [1.165, 1.54) is 12.1 Å². The Labute approximate surface area is 95.3 Å². The van der Waals surface area contributed by atoms with Gasteiger partial charge in [-0.15, -0.1) is 0 Å². The molecule has 1 atom stereocenters. The van der Waals surface area contributed by atoms with Crippen LogP contribution in [0.4, 0.5) is 0 Å². The topological polar surface area (TPSA) is 54.4 Å². The molecule has 0 aliphatic heterocycles. The standard InChI is InChI=1S/C10H12O3S2/c1-14-5-6-15(13)9-4-2-3-8(7-9)10(11)12/h2-4,7H,5-6H2,1H3,(H,11,12). The van der Waals surface area contributed by atoms with Gasteiger partial charge in [0.1, 0.15) is 0 Å². The molecular formula is C10H12O3S2. The first-order chi connectivity index (χ1) is 7.15. The molecule has 1 aromatic rings. The molecule has 0 spiro atoms. The fourth-order valence-electron chi connectivity index (χ4n) is 1.05. The van der Waals surface area contributed by atoms with Crippen LogP contribution < -0.4 is 0 Å². The van der Waals surface area contributed by atoms with Gasteiger partial charge in [0.15, 0.2) is 0 Å². The third-order valence-electron chi connectivity index (χ3n) is 1.82. The average Bonchev–Trinajstić information content (AvgIpc) is 2.26. The minimum absolute atomic E-state index is 0.185. The van der Waals surface area contributed by atoms with Crippen molar-refractivity contribution in [1.82, 2.24) is 0 Å². The highest BCUT2D eigenvalue weighted by Crippen LogP contribution is 2.11. The Bertz CT molecular complexity index is 377. The quantitative estimate of drug-likeness (QED) is 0.859. The van der Waals surface area contributed by atoms with E-state index in [0.717, 1.165) is 5.75 Å². The molecule has 0 fully saturated rings. The van der Waals surface area contributed by atoms with Gasteiger partial charge in [0, 0.05) is 16.4 Å². The lowest BCUT2D eigenvalue weighted by Gasteiger charge is -2.02. The van der Waals surface area contributed by atoms with E-state index in [4.69, 9.17) is 5.11 Å². The normalized spacial score (nSPS) is 12.3. The molecule has 82 valence electrons. The molecule has 0 bridgehead atoms. The van der Waals surface area contributed by atoms with Crippen LogP contribution in [-0.4, -0.2) is 33.0 Å². The Kier molecular flexibility index (Phi) is 4.84. The van der Waals surface area contributed by atoms with Crippen LogP contribution in [0.3, 0.4) is 0 Å². The first kappa shape index (κ1) is 12.3. The zero-order valence-electron chi connectivity index (χ0n) is 8.30. The highest BCUT2D eigenvalue weighted by atomic mass is 32.2. The molecule has 1 rings (SSSR count). The van der Waals surface area contributed by atoms with Gasteiger partial charge >= 0.3 is 5.97 Å². The molecule has 1 unspecified atom stereocenters. The van der Waals surface area contributed by atoms with E-state index < -0.39 is 16.8 Å². The highest BCUT2D eigenvalue weighted by molar-refractivity contribution is 7.99. The smallest absolute Gasteiger partial charge is 0.335 e. The lowest BCUT2D eigenvalue weighted by atomic mass is 10.2. The van der Waals surface area contributed by atoms with Gasteiger partial charge in [0.2, 0.25) is 0 Å². The molecule has 0 aliphatic rings. The second kappa shape index (κ2) is 5.92. The third kappa shape index (κ3) is 3.68. The van der Waals surface area contributed by atoms with Crippen LogP contribution >= 0.6 is 11.8 Å². The fourth-order valence-corrected chi connectivity index (χ4v) is 3.04. The molecule has 0 saturated heterocycles. The molecule has 1 N–H and O–H groups in total. The van der Waals surface area contributed by atoms with Crippen molar-refractivity contribution in [3.05, 3.63) is 29.8 Å². The minimum atomic E-state index is -1.09. The van der Waals surface area contributed by atoms with Crippen molar-refractivity contribution < 1.29 is 14.1 Å². The van der Waals surface area contributed by atoms with E-state index in [1.54, 1.807) is 23.9 Å². The van der Waals surface area contributed by atoms with Gasteiger partial charge in [0.05, 0.1) is 16.4 Å². The average molecular weight is 244 g/mol. The lowest BCUT2D eigenvalue weighted by Crippen LogP contribution is -2.03. The predicted molar refractivity (Wildman–Crippen MR) is 63.1 cm³/mol. The van der Waals surface area contributed by atoms with E-state index in [1.807, 2.05) is 6.26 Å². The third-order valence-corrected chi connectivity index (χ3v) is 4.04. The van der Waals surface area contributed by atoms with E-state index in [2.05, 4.69) is 0 Å². The number of rotatable bonds is 5. The predicted octanol–water partition coefficient (Wildman–Crippen LogP) is 1.86. The van der Waals surface area contributed by atoms with E-state index >= 15 is 0 Å². The summed E-state index contributed by atoms with van der Waals surface area (Å²) in [6.45, 7) is 0. The van der Waals surface area contributed by atoms with Gasteiger partial charge in [-0.1, -0.05) is 6.07 Å². The number of benzene rings is 1. The van der Waals surface area contributed by atoms with Crippen molar-refractivity contribution in [3.63, 3.8) is 0 Å². The van der Waals surface area contributed by atoms with E-state index in [0.29, 0.717) is 10.6 Å². The summed E-state index contributed by atoms with van der Waals surface area (Å²) >= 11 is 1.63. The zero-order chi connectivity index (χ0) is 11.3. The number of hydrogen-bond donors (Lipinski definition) is 1. The summed E-state index contributed by atoms with van der Waals surface area (Å²) in [5.41, 5.74) is 0.185. The van der Waals surface area contributed by atoms with Crippen molar-refractivity contribution in [2.75, 3.05) is 17.8 Å². The Morgan fingerprint density at radius 3 is 2.87 bits per heavy atom. The molecule has 5 heteroatoms. The summed E-state index contributed by atoms with van der Waals surface area (Å²) in [7, 11) is -1.09. The summed E-state index contributed by atoms with van der Waals surface area (Å²) in [5, 5.41) is 8.76. The first-order valence-corrected chi connectivity index (χ1v) is 7.07. The van der Waals surface area contributed by atoms with Crippen LogP contribution in [0, 0.1) is 0 Å². The van der Waals surface area contributed by atoms with Gasteiger partial charge < -0.3 is 5.11 Å². The molecule has 3 nitrogen and oxygen atoms in total. The number of carboxylic acid groups (broad SMARTS) is 1. The lowest BCUT2D eigenvalue weighted by molar-refractivity contribution is 0.0696. The Balaban J connectivity index is 2.81. The maximum Gasteiger partial charge on any atom is 0.335 e. The minimum Gasteiger partial charge on any atom is -0.478 e. The van der Waals surface area contributed by atoms with Crippen LogP contribution in [0.15, 0.2) is 29.2 Å². The maximum absolute atomic E-state index is 11.7. The summed E-state index contributed by atoms with van der Waals surface area (Å²) in [5.74, 6) is 0.382. The van der Waals surface area contributed by atoms with Crippen molar-refractivity contribution in [2.45, 2.75) is 4.90 Å². The van der Waals surface area contributed by atoms with Crippen molar-refractivity contribution in [3.8, 4) is 0 Å². The van der Waals surface area contributed by atoms with Crippen LogP contribution in [0.5, 0.6) is 0 Å². The molecule has 1 aromatic carbocycles. The molecule has 0 aromatic heterocycles. The number of hydrogen-bond acceptors (Lipinski definition) is 3. The summed E-state index contributed by atoms with van der Waals surface area (Å²) in [6, 6.07) is 6.29. The Morgan fingerprint density at radius 1 is 1.53 bits per heavy atom. The molecule has 0 saturated carbocycles. The molecule has 0 amide bonds. The van der Waals surface area contributed by atoms with Crippen LogP contribution in [0.1, 0.15) is 10.4 Å². The fraction of sp³-hybridized carbons (Fsp3) is 0.300. The highest BCUT2D eigenvalue weighted by Gasteiger charge is 2.07. The number of thioether (sulfide) groups is 1. The van der Waals surface area contributed by atoms with Crippen LogP contribution in [0.25, 0.3) is 0 Å². The molecular weight excluding hydrogens is 232 g/mol. The first-order valence-electron chi connectivity index (χ1n) is 4.36. The van der Waals surface area contributed by atoms with Gasteiger partial charge in [-0.3, -0.25) is 4.21 Å². The monoisotopic (exact) mass is 244 g/mol. The second-order valence-electron chi connectivity index (χ2n) is 2.88. The molecule has 0 radical (unpaired) electrons. The largest absolute Gasteiger partial charge is 0.478 e. The van der Waals surface area contributed by atoms with Crippen molar-refractivity contribution in [1.29, 1.82) is 0 Å². The van der Waals surface area contributed by atoms with Gasteiger partial charge in [-0.05, 0) is 24.5 Å². The molecule has 15 heavy (non-hydrogen) atoms. The van der Waals surface area contributed by atoms with Gasteiger partial charge in [0.25, 0.3) is 0 Å². The van der Waals surface area contributed by atoms with Gasteiger partial charge in [-0.2, -0.15) is 11.8 Å². The number of carboxylic acids is 1. The van der Waals surface area contributed by atoms with Crippen molar-refractivity contribution in [2.24, 2.45) is 0 Å². The van der Waals surface area contributed by atoms with E-state index in [-0.39, 0.29) is 5.56 Å². The number of carbonyl (C=O) groups is 1. The summed E-state index contributed by atoms with van der Waals surface area (Å²) < 4.78 is 11.7. The van der Waals surface area contributed by atoms with E-state index in [9.17, 15) is 9.00 Å². The maximum atomic E-state index is 11.7. The summed E-state index contributed by atoms with van der Waals surface area (Å²) in [4.78, 5) is 11.3. The van der Waals surface area contributed by atoms with Crippen LogP contribution in [0.2, 0.25) is 0 Å². The summed E-state index contributed by atoms with van der Waals surface area (Å²) in [6.07, 6.45) is 1.95. The molecule has 0 heterocycles. The second-order valence-corrected chi connectivity index (χ2v) is 5.43. The Hall–Kier alpha value is -0.810. The van der Waals surface area contributed by atoms with Gasteiger partial charge in [-0.25, -0.2) is 4.79 Å². The Morgan fingerprint density at radius 2 is 2.27 bits per heavy atom.